The van der Waals surface area contributed by atoms with Crippen LogP contribution in [0.3, 0.4) is 0 Å². The van der Waals surface area contributed by atoms with Crippen LogP contribution in [0, 0.1) is 0 Å². The maximum Gasteiger partial charge on any atom is 0.138 e. The molecule has 0 fully saturated rings. The highest BCUT2D eigenvalue weighted by Crippen LogP contribution is 2.27. The van der Waals surface area contributed by atoms with Crippen LogP contribution in [0.1, 0.15) is 0 Å². The lowest BCUT2D eigenvalue weighted by atomic mass is 10.1. The highest BCUT2D eigenvalue weighted by Gasteiger charge is 2.05. The first kappa shape index (κ1) is 13.5. The van der Waals surface area contributed by atoms with Gasteiger partial charge in [-0.2, -0.15) is 0 Å². The summed E-state index contributed by atoms with van der Waals surface area (Å²) in [6.45, 7) is 0. The molecule has 4 rings (SSSR count). The summed E-state index contributed by atoms with van der Waals surface area (Å²) in [5, 5.41) is 5.71. The predicted molar refractivity (Wildman–Crippen MR) is 93.7 cm³/mol. The summed E-state index contributed by atoms with van der Waals surface area (Å²) in [6.07, 6.45) is 5.51. The van der Waals surface area contributed by atoms with Gasteiger partial charge in [-0.05, 0) is 23.6 Å². The number of pyridine rings is 1. The van der Waals surface area contributed by atoms with Gasteiger partial charge in [0, 0.05) is 29.9 Å². The van der Waals surface area contributed by atoms with Gasteiger partial charge in [-0.3, -0.25) is 0 Å². The Bertz CT molecular complexity index is 966. The van der Waals surface area contributed by atoms with E-state index in [4.69, 9.17) is 0 Å². The quantitative estimate of drug-likeness (QED) is 0.610. The molecular formula is C19H16N4. The molecule has 4 nitrogen and oxygen atoms in total. The van der Waals surface area contributed by atoms with Crippen LogP contribution in [0.4, 0.5) is 11.5 Å². The van der Waals surface area contributed by atoms with Gasteiger partial charge in [-0.1, -0.05) is 36.4 Å². The third kappa shape index (κ3) is 2.55. The number of imidazole rings is 1. The highest BCUT2D eigenvalue weighted by atomic mass is 15.0. The first-order chi connectivity index (χ1) is 11.3. The minimum absolute atomic E-state index is 0.866. The second kappa shape index (κ2) is 5.57. The fourth-order valence-electron chi connectivity index (χ4n) is 2.75. The molecule has 0 unspecified atom stereocenters. The number of aryl methyl sites for hydroxylation is 1. The van der Waals surface area contributed by atoms with E-state index in [9.17, 15) is 0 Å². The maximum atomic E-state index is 4.48. The van der Waals surface area contributed by atoms with Gasteiger partial charge in [0.25, 0.3) is 0 Å². The first-order valence-electron chi connectivity index (χ1n) is 7.49. The average Bonchev–Trinajstić information content (AvgIpc) is 3.02. The van der Waals surface area contributed by atoms with Crippen molar-refractivity contribution in [2.45, 2.75) is 0 Å². The summed E-state index contributed by atoms with van der Waals surface area (Å²) < 4.78 is 2.01. The van der Waals surface area contributed by atoms with Gasteiger partial charge in [0.1, 0.15) is 5.82 Å². The van der Waals surface area contributed by atoms with Crippen LogP contribution in [0.15, 0.2) is 73.3 Å². The van der Waals surface area contributed by atoms with Crippen LogP contribution in [0.5, 0.6) is 0 Å². The molecule has 1 N–H and O–H groups in total. The molecule has 0 aliphatic carbocycles. The number of benzene rings is 2. The smallest absolute Gasteiger partial charge is 0.138 e. The Balaban J connectivity index is 1.73. The van der Waals surface area contributed by atoms with Crippen LogP contribution in [0.25, 0.3) is 22.0 Å². The summed E-state index contributed by atoms with van der Waals surface area (Å²) in [6, 6.07) is 18.5. The van der Waals surface area contributed by atoms with Crippen molar-refractivity contribution < 1.29 is 0 Å². The van der Waals surface area contributed by atoms with E-state index in [0.29, 0.717) is 0 Å². The Morgan fingerprint density at radius 1 is 1.00 bits per heavy atom. The van der Waals surface area contributed by atoms with Gasteiger partial charge < -0.3 is 9.88 Å². The number of aromatic nitrogens is 3. The molecule has 0 atom stereocenters. The Labute approximate surface area is 134 Å². The van der Waals surface area contributed by atoms with Crippen molar-refractivity contribution in [3.05, 3.63) is 73.3 Å². The van der Waals surface area contributed by atoms with E-state index < -0.39 is 0 Å². The van der Waals surface area contributed by atoms with Gasteiger partial charge in [0.05, 0.1) is 18.2 Å². The van der Waals surface area contributed by atoms with E-state index in [1.807, 2.05) is 60.7 Å². The van der Waals surface area contributed by atoms with Gasteiger partial charge in [-0.25, -0.2) is 9.97 Å². The van der Waals surface area contributed by atoms with Crippen molar-refractivity contribution in [2.24, 2.45) is 7.05 Å². The third-order valence-corrected chi connectivity index (χ3v) is 3.91. The largest absolute Gasteiger partial charge is 0.340 e. The second-order valence-electron chi connectivity index (χ2n) is 5.48. The molecule has 2 aromatic carbocycles. The Morgan fingerprint density at radius 2 is 1.91 bits per heavy atom. The number of nitrogens with zero attached hydrogens (tertiary/aromatic N) is 3. The molecule has 0 saturated carbocycles. The molecule has 0 saturated heterocycles. The second-order valence-corrected chi connectivity index (χ2v) is 5.48. The van der Waals surface area contributed by atoms with E-state index in [-0.39, 0.29) is 0 Å². The molecule has 0 bridgehead atoms. The standard InChI is InChI=1S/C19H16N4/c1-23-13-20-12-18(23)15-6-4-7-16(11-15)22-19-17-8-3-2-5-14(17)9-10-21-19/h2-13H,1H3,(H,21,22). The predicted octanol–water partition coefficient (Wildman–Crippen LogP) is 4.38. The van der Waals surface area contributed by atoms with Crippen molar-refractivity contribution in [3.8, 4) is 11.3 Å². The molecular weight excluding hydrogens is 284 g/mol. The third-order valence-electron chi connectivity index (χ3n) is 3.91. The summed E-state index contributed by atoms with van der Waals surface area (Å²) in [5.74, 6) is 0.866. The number of rotatable bonds is 3. The van der Waals surface area contributed by atoms with Crippen molar-refractivity contribution in [3.63, 3.8) is 0 Å². The van der Waals surface area contributed by atoms with Crippen LogP contribution >= 0.6 is 0 Å². The fraction of sp³-hybridized carbons (Fsp3) is 0.0526. The summed E-state index contributed by atoms with van der Waals surface area (Å²) in [5.41, 5.74) is 3.21. The number of hydrogen-bond acceptors (Lipinski definition) is 3. The molecule has 2 aromatic heterocycles. The van der Waals surface area contributed by atoms with Crippen molar-refractivity contribution in [1.29, 1.82) is 0 Å². The van der Waals surface area contributed by atoms with Crippen molar-refractivity contribution in [1.82, 2.24) is 14.5 Å². The van der Waals surface area contributed by atoms with Crippen molar-refractivity contribution in [2.75, 3.05) is 5.32 Å². The molecule has 4 aromatic rings. The summed E-state index contributed by atoms with van der Waals surface area (Å²) in [7, 11) is 1.99. The van der Waals surface area contributed by atoms with Crippen LogP contribution < -0.4 is 5.32 Å². The average molecular weight is 300 g/mol. The number of fused-ring (bicyclic) bond motifs is 1. The molecule has 0 spiro atoms. The molecule has 0 amide bonds. The van der Waals surface area contributed by atoms with E-state index in [1.54, 1.807) is 0 Å². The van der Waals surface area contributed by atoms with E-state index >= 15 is 0 Å². The van der Waals surface area contributed by atoms with E-state index in [2.05, 4.69) is 39.6 Å². The topological polar surface area (TPSA) is 42.7 Å². The van der Waals surface area contributed by atoms with Gasteiger partial charge in [-0.15, -0.1) is 0 Å². The van der Waals surface area contributed by atoms with Gasteiger partial charge in [0.2, 0.25) is 0 Å². The molecule has 0 aliphatic rings. The molecule has 2 heterocycles. The zero-order valence-corrected chi connectivity index (χ0v) is 12.8. The summed E-state index contributed by atoms with van der Waals surface area (Å²) >= 11 is 0. The highest BCUT2D eigenvalue weighted by molar-refractivity contribution is 5.93. The Morgan fingerprint density at radius 3 is 2.78 bits per heavy atom. The molecule has 112 valence electrons. The monoisotopic (exact) mass is 300 g/mol. The Kier molecular flexibility index (Phi) is 3.27. The first-order valence-corrected chi connectivity index (χ1v) is 7.49. The lowest BCUT2D eigenvalue weighted by Crippen LogP contribution is -1.95. The van der Waals surface area contributed by atoms with Crippen LogP contribution in [-0.4, -0.2) is 14.5 Å². The molecule has 0 aliphatic heterocycles. The normalized spacial score (nSPS) is 10.8. The molecule has 23 heavy (non-hydrogen) atoms. The number of nitrogens with one attached hydrogen (secondary N) is 1. The number of hydrogen-bond donors (Lipinski definition) is 1. The fourth-order valence-corrected chi connectivity index (χ4v) is 2.75. The lowest BCUT2D eigenvalue weighted by molar-refractivity contribution is 0.921. The number of anilines is 2. The zero-order valence-electron chi connectivity index (χ0n) is 12.8. The lowest BCUT2D eigenvalue weighted by Gasteiger charge is -2.10. The van der Waals surface area contributed by atoms with E-state index in [0.717, 1.165) is 28.1 Å². The molecule has 0 radical (unpaired) electrons. The molecule has 4 heteroatoms. The summed E-state index contributed by atoms with van der Waals surface area (Å²) in [4.78, 5) is 8.67. The van der Waals surface area contributed by atoms with Crippen molar-refractivity contribution >= 4 is 22.3 Å². The maximum absolute atomic E-state index is 4.48. The SMILES string of the molecule is Cn1cncc1-c1cccc(Nc2nccc3ccccc23)c1. The van der Waals surface area contributed by atoms with Gasteiger partial charge >= 0.3 is 0 Å². The Hall–Kier alpha value is -3.14. The zero-order chi connectivity index (χ0) is 15.6. The minimum atomic E-state index is 0.866. The van der Waals surface area contributed by atoms with E-state index in [1.165, 1.54) is 5.39 Å². The minimum Gasteiger partial charge on any atom is -0.340 e. The van der Waals surface area contributed by atoms with Crippen LogP contribution in [-0.2, 0) is 7.05 Å². The van der Waals surface area contributed by atoms with Gasteiger partial charge in [0.15, 0.2) is 0 Å². The van der Waals surface area contributed by atoms with Crippen LogP contribution in [0.2, 0.25) is 0 Å².